The van der Waals surface area contributed by atoms with Crippen molar-refractivity contribution in [3.63, 3.8) is 0 Å². The summed E-state index contributed by atoms with van der Waals surface area (Å²) in [5.41, 5.74) is 0.697. The molecule has 0 unspecified atom stereocenters. The molecule has 0 radical (unpaired) electrons. The van der Waals surface area contributed by atoms with Gasteiger partial charge in [-0.2, -0.15) is 4.31 Å². The first-order valence-corrected chi connectivity index (χ1v) is 8.91. The van der Waals surface area contributed by atoms with Crippen LogP contribution in [0.1, 0.15) is 18.9 Å². The average Bonchev–Trinajstić information content (AvgIpc) is 2.97. The summed E-state index contributed by atoms with van der Waals surface area (Å²) in [5, 5.41) is 1.77. The van der Waals surface area contributed by atoms with E-state index in [1.54, 1.807) is 18.2 Å². The molecule has 4 nitrogen and oxygen atoms in total. The van der Waals surface area contributed by atoms with Crippen molar-refractivity contribution in [2.24, 2.45) is 5.92 Å². The summed E-state index contributed by atoms with van der Waals surface area (Å²) in [6.45, 7) is 4.16. The molecule has 0 aromatic heterocycles. The number of halogens is 1. The minimum atomic E-state index is -3.44. The first-order chi connectivity index (χ1) is 10.0. The van der Waals surface area contributed by atoms with Crippen LogP contribution >= 0.6 is 11.6 Å². The van der Waals surface area contributed by atoms with Gasteiger partial charge < -0.3 is 4.74 Å². The molecule has 1 aliphatic rings. The third-order valence-corrected chi connectivity index (χ3v) is 5.47. The Morgan fingerprint density at radius 2 is 2.19 bits per heavy atom. The molecule has 2 rings (SSSR count). The molecule has 21 heavy (non-hydrogen) atoms. The van der Waals surface area contributed by atoms with Gasteiger partial charge in [-0.15, -0.1) is 0 Å². The van der Waals surface area contributed by atoms with E-state index in [-0.39, 0.29) is 5.92 Å². The fourth-order valence-corrected chi connectivity index (χ4v) is 3.75. The highest BCUT2D eigenvalue weighted by Gasteiger charge is 2.24. The Hall–Kier alpha value is -0.880. The molecule has 1 saturated heterocycles. The van der Waals surface area contributed by atoms with E-state index >= 15 is 0 Å². The summed E-state index contributed by atoms with van der Waals surface area (Å²) in [7, 11) is -3.44. The first kappa shape index (κ1) is 16.5. The standard InChI is InChI=1S/C15H20ClNO3S/c1-2-17(11-13-7-9-20-12-13)21(18,19)10-8-14-5-3-4-6-15(14)16/h3-6,8,10,13H,2,7,9,11-12H2,1H3/b10-8-/t13-/m0/s1. The molecule has 1 atom stereocenters. The molecular formula is C15H20ClNO3S. The molecule has 1 aliphatic heterocycles. The maximum absolute atomic E-state index is 12.4. The number of hydrogen-bond donors (Lipinski definition) is 0. The normalized spacial score (nSPS) is 19.7. The molecule has 0 bridgehead atoms. The van der Waals surface area contributed by atoms with Gasteiger partial charge in [0.15, 0.2) is 0 Å². The van der Waals surface area contributed by atoms with E-state index < -0.39 is 10.0 Å². The van der Waals surface area contributed by atoms with Crippen molar-refractivity contribution in [3.8, 4) is 0 Å². The lowest BCUT2D eigenvalue weighted by Crippen LogP contribution is -2.34. The fourth-order valence-electron chi connectivity index (χ4n) is 2.28. The zero-order valence-electron chi connectivity index (χ0n) is 12.0. The molecule has 1 aromatic rings. The Bertz CT molecular complexity index is 595. The Morgan fingerprint density at radius 3 is 2.81 bits per heavy atom. The number of sulfonamides is 1. The highest BCUT2D eigenvalue weighted by atomic mass is 35.5. The largest absolute Gasteiger partial charge is 0.381 e. The van der Waals surface area contributed by atoms with E-state index in [4.69, 9.17) is 16.3 Å². The minimum absolute atomic E-state index is 0.286. The van der Waals surface area contributed by atoms with Gasteiger partial charge in [0.1, 0.15) is 0 Å². The third kappa shape index (κ3) is 4.54. The van der Waals surface area contributed by atoms with Crippen LogP contribution in [0.25, 0.3) is 6.08 Å². The van der Waals surface area contributed by atoms with Crippen molar-refractivity contribution in [1.29, 1.82) is 0 Å². The highest BCUT2D eigenvalue weighted by Crippen LogP contribution is 2.19. The van der Waals surface area contributed by atoms with Gasteiger partial charge in [-0.05, 0) is 30.0 Å². The highest BCUT2D eigenvalue weighted by molar-refractivity contribution is 7.92. The van der Waals surface area contributed by atoms with E-state index in [1.807, 2.05) is 19.1 Å². The van der Waals surface area contributed by atoms with Gasteiger partial charge in [0, 0.05) is 30.1 Å². The van der Waals surface area contributed by atoms with Crippen LogP contribution in [0.2, 0.25) is 5.02 Å². The van der Waals surface area contributed by atoms with Crippen molar-refractivity contribution >= 4 is 27.7 Å². The van der Waals surface area contributed by atoms with E-state index in [9.17, 15) is 8.42 Å². The van der Waals surface area contributed by atoms with Crippen molar-refractivity contribution < 1.29 is 13.2 Å². The molecule has 0 spiro atoms. The molecule has 1 heterocycles. The lowest BCUT2D eigenvalue weighted by Gasteiger charge is -2.21. The van der Waals surface area contributed by atoms with Crippen molar-refractivity contribution in [2.75, 3.05) is 26.3 Å². The first-order valence-electron chi connectivity index (χ1n) is 7.03. The molecule has 0 amide bonds. The number of hydrogen-bond acceptors (Lipinski definition) is 3. The maximum Gasteiger partial charge on any atom is 0.236 e. The summed E-state index contributed by atoms with van der Waals surface area (Å²) in [6.07, 6.45) is 2.46. The van der Waals surface area contributed by atoms with E-state index in [0.29, 0.717) is 30.3 Å². The monoisotopic (exact) mass is 329 g/mol. The molecule has 6 heteroatoms. The van der Waals surface area contributed by atoms with Gasteiger partial charge in [0.25, 0.3) is 0 Å². The Labute approximate surface area is 131 Å². The van der Waals surface area contributed by atoms with Crippen molar-refractivity contribution in [1.82, 2.24) is 4.31 Å². The zero-order valence-corrected chi connectivity index (χ0v) is 13.6. The van der Waals surface area contributed by atoms with Crippen LogP contribution in [0.5, 0.6) is 0 Å². The smallest absolute Gasteiger partial charge is 0.236 e. The summed E-state index contributed by atoms with van der Waals surface area (Å²) >= 11 is 6.03. The molecule has 1 aromatic carbocycles. The average molecular weight is 330 g/mol. The van der Waals surface area contributed by atoms with Crippen LogP contribution in [-0.4, -0.2) is 39.0 Å². The quantitative estimate of drug-likeness (QED) is 0.806. The maximum atomic E-state index is 12.4. The van der Waals surface area contributed by atoms with Gasteiger partial charge >= 0.3 is 0 Å². The van der Waals surface area contributed by atoms with Crippen LogP contribution in [0.4, 0.5) is 0 Å². The molecule has 0 N–H and O–H groups in total. The topological polar surface area (TPSA) is 46.6 Å². The third-order valence-electron chi connectivity index (χ3n) is 3.52. The van der Waals surface area contributed by atoms with Crippen molar-refractivity contribution in [2.45, 2.75) is 13.3 Å². The SMILES string of the molecule is CCN(C[C@@H]1CCOC1)S(=O)(=O)/C=C\c1ccccc1Cl. The Morgan fingerprint density at radius 1 is 1.43 bits per heavy atom. The second-order valence-corrected chi connectivity index (χ2v) is 7.28. The molecule has 1 fully saturated rings. The van der Waals surface area contributed by atoms with Gasteiger partial charge in [0.2, 0.25) is 10.0 Å². The summed E-state index contributed by atoms with van der Waals surface area (Å²) in [6, 6.07) is 7.16. The number of nitrogens with zero attached hydrogens (tertiary/aromatic N) is 1. The minimum Gasteiger partial charge on any atom is -0.381 e. The van der Waals surface area contributed by atoms with E-state index in [0.717, 1.165) is 13.0 Å². The second kappa shape index (κ2) is 7.40. The lowest BCUT2D eigenvalue weighted by atomic mass is 10.1. The van der Waals surface area contributed by atoms with Crippen LogP contribution in [0.15, 0.2) is 29.7 Å². The van der Waals surface area contributed by atoms with Crippen LogP contribution in [-0.2, 0) is 14.8 Å². The summed E-state index contributed by atoms with van der Waals surface area (Å²) < 4.78 is 31.6. The molecule has 116 valence electrons. The van der Waals surface area contributed by atoms with Gasteiger partial charge in [0.05, 0.1) is 6.61 Å². The number of rotatable bonds is 6. The molecule has 0 saturated carbocycles. The lowest BCUT2D eigenvalue weighted by molar-refractivity contribution is 0.181. The van der Waals surface area contributed by atoms with Gasteiger partial charge in [-0.3, -0.25) is 0 Å². The van der Waals surface area contributed by atoms with Crippen molar-refractivity contribution in [3.05, 3.63) is 40.3 Å². The van der Waals surface area contributed by atoms with Crippen LogP contribution in [0.3, 0.4) is 0 Å². The molecule has 0 aliphatic carbocycles. The summed E-state index contributed by atoms with van der Waals surface area (Å²) in [5.74, 6) is 0.286. The van der Waals surface area contributed by atoms with Crippen LogP contribution in [0, 0.1) is 5.92 Å². The Balaban J connectivity index is 2.10. The van der Waals surface area contributed by atoms with Gasteiger partial charge in [-0.1, -0.05) is 36.7 Å². The van der Waals surface area contributed by atoms with Gasteiger partial charge in [-0.25, -0.2) is 8.42 Å². The summed E-state index contributed by atoms with van der Waals surface area (Å²) in [4.78, 5) is 0. The number of benzene rings is 1. The zero-order chi connectivity index (χ0) is 15.3. The predicted octanol–water partition coefficient (Wildman–Crippen LogP) is 3.00. The fraction of sp³-hybridized carbons (Fsp3) is 0.467. The molecular weight excluding hydrogens is 310 g/mol. The predicted molar refractivity (Wildman–Crippen MR) is 85.6 cm³/mol. The van der Waals surface area contributed by atoms with E-state index in [1.165, 1.54) is 9.71 Å². The number of ether oxygens (including phenoxy) is 1. The Kier molecular flexibility index (Phi) is 5.81. The van der Waals surface area contributed by atoms with E-state index in [2.05, 4.69) is 0 Å². The van der Waals surface area contributed by atoms with Crippen LogP contribution < -0.4 is 0 Å². The second-order valence-electron chi connectivity index (χ2n) is 5.05.